The first-order valence-corrected chi connectivity index (χ1v) is 5.16. The predicted octanol–water partition coefficient (Wildman–Crippen LogP) is 0.664. The summed E-state index contributed by atoms with van der Waals surface area (Å²) in [5.74, 6) is 0.725. The summed E-state index contributed by atoms with van der Waals surface area (Å²) in [6.07, 6.45) is 3.17. The number of nitrogens with zero attached hydrogens (tertiary/aromatic N) is 1. The molecule has 1 aliphatic heterocycles. The molecule has 1 aromatic heterocycles. The van der Waals surface area contributed by atoms with Gasteiger partial charge >= 0.3 is 5.69 Å². The molecule has 5 nitrogen and oxygen atoms in total. The number of anilines is 1. The average Bonchev–Trinajstić information content (AvgIpc) is 2.43. The Bertz CT molecular complexity index is 400. The minimum atomic E-state index is -0.310. The Labute approximate surface area is 87.9 Å². The van der Waals surface area contributed by atoms with Crippen LogP contribution in [0.4, 0.5) is 5.82 Å². The molecule has 2 heterocycles. The lowest BCUT2D eigenvalue weighted by Crippen LogP contribution is -2.19. The number of fused-ring (bicyclic) bond motifs is 1. The molecular formula is C10H15N3O2. The summed E-state index contributed by atoms with van der Waals surface area (Å²) >= 11 is 0. The molecule has 0 bridgehead atoms. The van der Waals surface area contributed by atoms with Crippen LogP contribution in [0.3, 0.4) is 0 Å². The van der Waals surface area contributed by atoms with E-state index >= 15 is 0 Å². The maximum atomic E-state index is 11.3. The summed E-state index contributed by atoms with van der Waals surface area (Å²) in [5.41, 5.74) is 1.63. The highest BCUT2D eigenvalue weighted by Gasteiger charge is 2.14. The predicted molar refractivity (Wildman–Crippen MR) is 57.0 cm³/mol. The molecule has 0 radical (unpaired) electrons. The van der Waals surface area contributed by atoms with Gasteiger partial charge in [0.15, 0.2) is 0 Å². The van der Waals surface area contributed by atoms with Crippen LogP contribution in [-0.4, -0.2) is 23.6 Å². The van der Waals surface area contributed by atoms with Crippen molar-refractivity contribution in [3.63, 3.8) is 0 Å². The Morgan fingerprint density at radius 3 is 3.13 bits per heavy atom. The largest absolute Gasteiger partial charge is 0.378 e. The first kappa shape index (κ1) is 10.2. The Hall–Kier alpha value is -1.36. The topological polar surface area (TPSA) is 67.0 Å². The third-order valence-corrected chi connectivity index (χ3v) is 2.56. The number of nitrogens with one attached hydrogen (secondary N) is 2. The fourth-order valence-corrected chi connectivity index (χ4v) is 1.86. The highest BCUT2D eigenvalue weighted by molar-refractivity contribution is 5.46. The van der Waals surface area contributed by atoms with Gasteiger partial charge in [0.25, 0.3) is 0 Å². The number of aromatic amines is 1. The monoisotopic (exact) mass is 209 g/mol. The molecule has 15 heavy (non-hydrogen) atoms. The van der Waals surface area contributed by atoms with E-state index in [2.05, 4.69) is 15.3 Å². The van der Waals surface area contributed by atoms with Crippen LogP contribution in [0.5, 0.6) is 0 Å². The van der Waals surface area contributed by atoms with Gasteiger partial charge in [-0.1, -0.05) is 0 Å². The summed E-state index contributed by atoms with van der Waals surface area (Å²) in [6, 6.07) is 0. The van der Waals surface area contributed by atoms with Gasteiger partial charge in [0.1, 0.15) is 5.82 Å². The standard InChI is InChI=1S/C10H15N3O2/c1-15-6-8-7-4-2-3-5-11-9(7)13-10(14)12-8/h2-6H2,1H3,(H2,11,12,13,14). The highest BCUT2D eigenvalue weighted by Crippen LogP contribution is 2.20. The molecule has 0 saturated carbocycles. The van der Waals surface area contributed by atoms with Gasteiger partial charge < -0.3 is 15.0 Å². The lowest BCUT2D eigenvalue weighted by Gasteiger charge is -2.10. The molecule has 1 aliphatic rings. The first-order chi connectivity index (χ1) is 7.31. The highest BCUT2D eigenvalue weighted by atomic mass is 16.5. The van der Waals surface area contributed by atoms with E-state index < -0.39 is 0 Å². The second-order valence-electron chi connectivity index (χ2n) is 3.66. The lowest BCUT2D eigenvalue weighted by molar-refractivity contribution is 0.180. The zero-order valence-corrected chi connectivity index (χ0v) is 8.80. The lowest BCUT2D eigenvalue weighted by atomic mass is 10.1. The fraction of sp³-hybridized carbons (Fsp3) is 0.600. The third kappa shape index (κ3) is 2.18. The molecule has 0 fully saturated rings. The van der Waals surface area contributed by atoms with Crippen LogP contribution in [-0.2, 0) is 17.8 Å². The first-order valence-electron chi connectivity index (χ1n) is 5.16. The number of rotatable bonds is 2. The van der Waals surface area contributed by atoms with Crippen molar-refractivity contribution in [2.75, 3.05) is 19.0 Å². The zero-order chi connectivity index (χ0) is 10.7. The third-order valence-electron chi connectivity index (χ3n) is 2.56. The van der Waals surface area contributed by atoms with Crippen molar-refractivity contribution in [2.45, 2.75) is 25.9 Å². The molecule has 0 amide bonds. The van der Waals surface area contributed by atoms with Crippen molar-refractivity contribution < 1.29 is 4.74 Å². The molecule has 2 N–H and O–H groups in total. The molecule has 82 valence electrons. The van der Waals surface area contributed by atoms with Gasteiger partial charge in [-0.05, 0) is 19.3 Å². The Morgan fingerprint density at radius 2 is 2.33 bits per heavy atom. The average molecular weight is 209 g/mol. The van der Waals surface area contributed by atoms with E-state index in [1.807, 2.05) is 0 Å². The SMILES string of the molecule is COCc1[nH]c(=O)nc2c1CCCCN2. The van der Waals surface area contributed by atoms with Gasteiger partial charge in [-0.15, -0.1) is 0 Å². The second kappa shape index (κ2) is 4.44. The van der Waals surface area contributed by atoms with Gasteiger partial charge in [0, 0.05) is 19.2 Å². The maximum absolute atomic E-state index is 11.3. The quantitative estimate of drug-likeness (QED) is 0.751. The maximum Gasteiger partial charge on any atom is 0.347 e. The zero-order valence-electron chi connectivity index (χ0n) is 8.80. The van der Waals surface area contributed by atoms with Crippen LogP contribution in [0.25, 0.3) is 0 Å². The van der Waals surface area contributed by atoms with E-state index in [4.69, 9.17) is 4.74 Å². The second-order valence-corrected chi connectivity index (χ2v) is 3.66. The van der Waals surface area contributed by atoms with Crippen molar-refractivity contribution in [1.82, 2.24) is 9.97 Å². The molecular weight excluding hydrogens is 194 g/mol. The number of hydrogen-bond donors (Lipinski definition) is 2. The molecule has 0 saturated heterocycles. The minimum Gasteiger partial charge on any atom is -0.378 e. The van der Waals surface area contributed by atoms with Gasteiger partial charge in [0.05, 0.1) is 12.3 Å². The summed E-state index contributed by atoms with van der Waals surface area (Å²) in [6.45, 7) is 1.32. The number of H-pyrrole nitrogens is 1. The van der Waals surface area contributed by atoms with E-state index in [1.54, 1.807) is 7.11 Å². The summed E-state index contributed by atoms with van der Waals surface area (Å²) in [7, 11) is 1.62. The van der Waals surface area contributed by atoms with Crippen molar-refractivity contribution in [1.29, 1.82) is 0 Å². The van der Waals surface area contributed by atoms with Crippen molar-refractivity contribution in [2.24, 2.45) is 0 Å². The number of ether oxygens (including phenoxy) is 1. The smallest absolute Gasteiger partial charge is 0.347 e. The van der Waals surface area contributed by atoms with E-state index in [-0.39, 0.29) is 5.69 Å². The van der Waals surface area contributed by atoms with Crippen LogP contribution >= 0.6 is 0 Å². The van der Waals surface area contributed by atoms with Gasteiger partial charge in [-0.2, -0.15) is 4.98 Å². The summed E-state index contributed by atoms with van der Waals surface area (Å²) < 4.78 is 5.06. The van der Waals surface area contributed by atoms with Crippen molar-refractivity contribution in [3.8, 4) is 0 Å². The molecule has 0 spiro atoms. The molecule has 1 aromatic rings. The molecule has 0 unspecified atom stereocenters. The van der Waals surface area contributed by atoms with E-state index in [1.165, 1.54) is 0 Å². The van der Waals surface area contributed by atoms with Crippen LogP contribution in [0, 0.1) is 0 Å². The Balaban J connectivity index is 2.45. The fourth-order valence-electron chi connectivity index (χ4n) is 1.86. The van der Waals surface area contributed by atoms with E-state index in [0.29, 0.717) is 6.61 Å². The molecule has 0 aromatic carbocycles. The van der Waals surface area contributed by atoms with Crippen LogP contribution in [0.1, 0.15) is 24.1 Å². The normalized spacial score (nSPS) is 15.3. The van der Waals surface area contributed by atoms with Gasteiger partial charge in [-0.25, -0.2) is 4.79 Å². The van der Waals surface area contributed by atoms with Crippen molar-refractivity contribution >= 4 is 5.82 Å². The molecule has 0 atom stereocenters. The summed E-state index contributed by atoms with van der Waals surface area (Å²) in [5, 5.41) is 3.18. The molecule has 2 rings (SSSR count). The number of aromatic nitrogens is 2. The molecule has 0 aliphatic carbocycles. The minimum absolute atomic E-state index is 0.310. The number of methoxy groups -OCH3 is 1. The molecule has 5 heteroatoms. The van der Waals surface area contributed by atoms with Gasteiger partial charge in [0.2, 0.25) is 0 Å². The summed E-state index contributed by atoms with van der Waals surface area (Å²) in [4.78, 5) is 18.0. The Kier molecular flexibility index (Phi) is 3.01. The van der Waals surface area contributed by atoms with Crippen LogP contribution < -0.4 is 11.0 Å². The Morgan fingerprint density at radius 1 is 1.47 bits per heavy atom. The number of hydrogen-bond acceptors (Lipinski definition) is 4. The van der Waals surface area contributed by atoms with E-state index in [9.17, 15) is 4.79 Å². The van der Waals surface area contributed by atoms with Gasteiger partial charge in [-0.3, -0.25) is 0 Å². The van der Waals surface area contributed by atoms with Crippen LogP contribution in [0.15, 0.2) is 4.79 Å². The van der Waals surface area contributed by atoms with Crippen LogP contribution in [0.2, 0.25) is 0 Å². The van der Waals surface area contributed by atoms with Crippen molar-refractivity contribution in [3.05, 3.63) is 21.7 Å². The van der Waals surface area contributed by atoms with E-state index in [0.717, 1.165) is 42.9 Å².